The fraction of sp³-hybridized carbons (Fsp3) is 0.0667. The van der Waals surface area contributed by atoms with E-state index in [4.69, 9.17) is 0 Å². The summed E-state index contributed by atoms with van der Waals surface area (Å²) in [6.07, 6.45) is 0. The number of nitrogens with zero attached hydrogens (tertiary/aromatic N) is 1. The van der Waals surface area contributed by atoms with Crippen molar-refractivity contribution in [3.63, 3.8) is 0 Å². The van der Waals surface area contributed by atoms with Crippen LogP contribution in [0.2, 0.25) is 0 Å². The molecular formula is C45H33NS. The van der Waals surface area contributed by atoms with Gasteiger partial charge in [0.05, 0.1) is 0 Å². The SMILES string of the molecule is CC1(C)c2ccccc2-c2cc(N(c3ccc(-c4ccccc4)cc3)c3ccc(-c4cccc5c4sc4ccccc45)cc3)ccc21. The summed E-state index contributed by atoms with van der Waals surface area (Å²) >= 11 is 1.88. The van der Waals surface area contributed by atoms with E-state index in [-0.39, 0.29) is 5.41 Å². The van der Waals surface area contributed by atoms with Gasteiger partial charge >= 0.3 is 0 Å². The molecule has 0 spiro atoms. The third kappa shape index (κ3) is 4.52. The lowest BCUT2D eigenvalue weighted by Crippen LogP contribution is -2.15. The van der Waals surface area contributed by atoms with E-state index >= 15 is 0 Å². The molecular weight excluding hydrogens is 587 g/mol. The number of rotatable bonds is 5. The molecule has 7 aromatic carbocycles. The zero-order valence-corrected chi connectivity index (χ0v) is 27.3. The van der Waals surface area contributed by atoms with Gasteiger partial charge in [-0.3, -0.25) is 0 Å². The van der Waals surface area contributed by atoms with Crippen LogP contribution < -0.4 is 4.90 Å². The normalized spacial score (nSPS) is 13.1. The van der Waals surface area contributed by atoms with Crippen LogP contribution in [0.3, 0.4) is 0 Å². The second-order valence-corrected chi connectivity index (χ2v) is 14.0. The van der Waals surface area contributed by atoms with Gasteiger partial charge in [0.1, 0.15) is 0 Å². The molecule has 9 rings (SSSR count). The van der Waals surface area contributed by atoms with Gasteiger partial charge in [-0.15, -0.1) is 11.3 Å². The monoisotopic (exact) mass is 619 g/mol. The molecule has 1 aliphatic carbocycles. The maximum absolute atomic E-state index is 2.40. The summed E-state index contributed by atoms with van der Waals surface area (Å²) in [7, 11) is 0. The zero-order valence-electron chi connectivity index (χ0n) is 26.4. The Balaban J connectivity index is 1.17. The molecule has 1 aromatic heterocycles. The highest BCUT2D eigenvalue weighted by Crippen LogP contribution is 2.50. The number of benzene rings is 7. The molecule has 0 bridgehead atoms. The van der Waals surface area contributed by atoms with Crippen LogP contribution in [0.5, 0.6) is 0 Å². The van der Waals surface area contributed by atoms with Crippen molar-refractivity contribution in [3.8, 4) is 33.4 Å². The Morgan fingerprint density at radius 1 is 0.426 bits per heavy atom. The van der Waals surface area contributed by atoms with Gasteiger partial charge in [0.25, 0.3) is 0 Å². The van der Waals surface area contributed by atoms with Crippen molar-refractivity contribution in [2.24, 2.45) is 0 Å². The summed E-state index contributed by atoms with van der Waals surface area (Å²) in [4.78, 5) is 2.40. The third-order valence-electron chi connectivity index (χ3n) is 9.90. The van der Waals surface area contributed by atoms with Crippen LogP contribution in [-0.2, 0) is 5.41 Å². The quantitative estimate of drug-likeness (QED) is 0.185. The minimum atomic E-state index is -0.0259. The molecule has 1 heterocycles. The Kier molecular flexibility index (Phi) is 6.41. The standard InChI is InChI=1S/C45H33NS/c1-45(2)41-17-8-6-13-37(41)40-29-35(27-28-42(40)45)46(33-23-19-31(20-24-33)30-11-4-3-5-12-30)34-25-21-32(22-26-34)36-15-10-16-39-38-14-7-9-18-43(38)47-44(36)39/h3-29H,1-2H3. The molecule has 0 radical (unpaired) electrons. The van der Waals surface area contributed by atoms with Crippen LogP contribution in [0.4, 0.5) is 17.1 Å². The van der Waals surface area contributed by atoms with Crippen molar-refractivity contribution < 1.29 is 0 Å². The Morgan fingerprint density at radius 2 is 1.00 bits per heavy atom. The van der Waals surface area contributed by atoms with E-state index in [1.54, 1.807) is 0 Å². The average Bonchev–Trinajstić information content (AvgIpc) is 3.62. The largest absolute Gasteiger partial charge is 0.310 e. The zero-order chi connectivity index (χ0) is 31.5. The van der Waals surface area contributed by atoms with Gasteiger partial charge in [0, 0.05) is 42.6 Å². The Labute approximate surface area is 280 Å². The number of fused-ring (bicyclic) bond motifs is 6. The third-order valence-corrected chi connectivity index (χ3v) is 11.1. The minimum Gasteiger partial charge on any atom is -0.310 e. The van der Waals surface area contributed by atoms with Gasteiger partial charge in [0.15, 0.2) is 0 Å². The summed E-state index contributed by atoms with van der Waals surface area (Å²) < 4.78 is 2.67. The molecule has 2 heteroatoms. The fourth-order valence-electron chi connectivity index (χ4n) is 7.49. The lowest BCUT2D eigenvalue weighted by molar-refractivity contribution is 0.660. The molecule has 47 heavy (non-hydrogen) atoms. The number of hydrogen-bond donors (Lipinski definition) is 0. The van der Waals surface area contributed by atoms with Gasteiger partial charge in [-0.25, -0.2) is 0 Å². The molecule has 0 aliphatic heterocycles. The first-order valence-electron chi connectivity index (χ1n) is 16.3. The molecule has 0 atom stereocenters. The van der Waals surface area contributed by atoms with E-state index in [0.717, 1.165) is 17.1 Å². The van der Waals surface area contributed by atoms with Gasteiger partial charge in [-0.2, -0.15) is 0 Å². The Bertz CT molecular complexity index is 2410. The van der Waals surface area contributed by atoms with E-state index in [9.17, 15) is 0 Å². The van der Waals surface area contributed by atoms with Crippen LogP contribution in [0, 0.1) is 0 Å². The van der Waals surface area contributed by atoms with Crippen molar-refractivity contribution >= 4 is 48.6 Å². The van der Waals surface area contributed by atoms with Crippen molar-refractivity contribution in [3.05, 3.63) is 175 Å². The predicted octanol–water partition coefficient (Wildman–Crippen LogP) is 13.2. The van der Waals surface area contributed by atoms with Crippen LogP contribution in [0.1, 0.15) is 25.0 Å². The molecule has 0 saturated carbocycles. The van der Waals surface area contributed by atoms with Crippen molar-refractivity contribution in [1.29, 1.82) is 0 Å². The highest BCUT2D eigenvalue weighted by Gasteiger charge is 2.35. The summed E-state index contributed by atoms with van der Waals surface area (Å²) in [5, 5.41) is 2.66. The maximum atomic E-state index is 2.40. The van der Waals surface area contributed by atoms with Gasteiger partial charge in [-0.05, 0) is 87.0 Å². The summed E-state index contributed by atoms with van der Waals surface area (Å²) in [6.45, 7) is 4.68. The smallest absolute Gasteiger partial charge is 0.0468 e. The van der Waals surface area contributed by atoms with Crippen LogP contribution in [-0.4, -0.2) is 0 Å². The summed E-state index contributed by atoms with van der Waals surface area (Å²) in [5.74, 6) is 0. The van der Waals surface area contributed by atoms with Crippen molar-refractivity contribution in [2.45, 2.75) is 19.3 Å². The Morgan fingerprint density at radius 3 is 1.79 bits per heavy atom. The first kappa shape index (κ1) is 27.8. The lowest BCUT2D eigenvalue weighted by atomic mass is 9.82. The topological polar surface area (TPSA) is 3.24 Å². The van der Waals surface area contributed by atoms with E-state index in [2.05, 4.69) is 183 Å². The molecule has 1 nitrogen and oxygen atoms in total. The molecule has 0 saturated heterocycles. The van der Waals surface area contributed by atoms with Crippen molar-refractivity contribution in [1.82, 2.24) is 0 Å². The molecule has 0 amide bonds. The molecule has 1 aliphatic rings. The Hall–Kier alpha value is -5.44. The number of hydrogen-bond acceptors (Lipinski definition) is 2. The van der Waals surface area contributed by atoms with Gasteiger partial charge < -0.3 is 4.90 Å². The van der Waals surface area contributed by atoms with E-state index < -0.39 is 0 Å². The van der Waals surface area contributed by atoms with E-state index in [1.807, 2.05) is 11.3 Å². The lowest BCUT2D eigenvalue weighted by Gasteiger charge is -2.27. The number of anilines is 3. The fourth-order valence-corrected chi connectivity index (χ4v) is 8.73. The second kappa shape index (κ2) is 10.8. The van der Waals surface area contributed by atoms with Crippen LogP contribution in [0.15, 0.2) is 164 Å². The van der Waals surface area contributed by atoms with Gasteiger partial charge in [0.2, 0.25) is 0 Å². The summed E-state index contributed by atoms with van der Waals surface area (Å²) in [5.41, 5.74) is 13.8. The first-order valence-corrected chi connectivity index (χ1v) is 17.1. The van der Waals surface area contributed by atoms with Crippen LogP contribution >= 0.6 is 11.3 Å². The maximum Gasteiger partial charge on any atom is 0.0468 e. The van der Waals surface area contributed by atoms with Gasteiger partial charge in [-0.1, -0.05) is 135 Å². The molecule has 0 N–H and O–H groups in total. The first-order chi connectivity index (χ1) is 23.1. The van der Waals surface area contributed by atoms with Crippen LogP contribution in [0.25, 0.3) is 53.6 Å². The minimum absolute atomic E-state index is 0.0259. The predicted molar refractivity (Wildman–Crippen MR) is 202 cm³/mol. The van der Waals surface area contributed by atoms with E-state index in [0.29, 0.717) is 0 Å². The molecule has 0 unspecified atom stereocenters. The molecule has 224 valence electrons. The average molecular weight is 620 g/mol. The summed E-state index contributed by atoms with van der Waals surface area (Å²) in [6, 6.07) is 60.0. The highest BCUT2D eigenvalue weighted by molar-refractivity contribution is 7.26. The van der Waals surface area contributed by atoms with Crippen molar-refractivity contribution in [2.75, 3.05) is 4.90 Å². The number of thiophene rings is 1. The van der Waals surface area contributed by atoms with E-state index in [1.165, 1.54) is 64.7 Å². The molecule has 8 aromatic rings. The molecule has 0 fully saturated rings. The highest BCUT2D eigenvalue weighted by atomic mass is 32.1. The second-order valence-electron chi connectivity index (χ2n) is 13.0.